The van der Waals surface area contributed by atoms with Crippen LogP contribution in [-0.2, 0) is 6.42 Å². The zero-order chi connectivity index (χ0) is 13.1. The number of hydrogen-bond acceptors (Lipinski definition) is 5. The van der Waals surface area contributed by atoms with Crippen molar-refractivity contribution in [2.24, 2.45) is 0 Å². The minimum Gasteiger partial charge on any atom is -0.393 e. The zero-order valence-electron chi connectivity index (χ0n) is 10.1. The molecule has 0 radical (unpaired) electrons. The summed E-state index contributed by atoms with van der Waals surface area (Å²) in [6, 6.07) is 5.65. The summed E-state index contributed by atoms with van der Waals surface area (Å²) in [5.74, 6) is 0.650. The fraction of sp³-hybridized carbons (Fsp3) is 0.333. The molecule has 0 saturated heterocycles. The van der Waals surface area contributed by atoms with Crippen molar-refractivity contribution in [2.45, 2.75) is 26.4 Å². The van der Waals surface area contributed by atoms with E-state index in [0.29, 0.717) is 22.4 Å². The molecule has 0 aliphatic heterocycles. The molecule has 18 heavy (non-hydrogen) atoms. The highest BCUT2D eigenvalue weighted by atomic mass is 35.5. The second-order valence-electron chi connectivity index (χ2n) is 4.15. The van der Waals surface area contributed by atoms with E-state index in [1.807, 2.05) is 25.1 Å². The van der Waals surface area contributed by atoms with E-state index < -0.39 is 6.10 Å². The monoisotopic (exact) mass is 283 g/mol. The molecule has 0 aliphatic rings. The Morgan fingerprint density at radius 3 is 3.00 bits per heavy atom. The summed E-state index contributed by atoms with van der Waals surface area (Å²) in [6.45, 7) is 3.71. The standard InChI is InChI=1S/C12H14ClN3OS/c1-7-3-4-9(13)6-10(7)14-12-15-11(16-18-12)5-8(2)17/h3-4,6,8,17H,5H2,1-2H3,(H,14,15,16). The molecule has 2 aromatic rings. The number of benzene rings is 1. The Bertz CT molecular complexity index is 542. The highest BCUT2D eigenvalue weighted by molar-refractivity contribution is 7.09. The highest BCUT2D eigenvalue weighted by Gasteiger charge is 2.08. The number of aromatic nitrogens is 2. The molecular formula is C12H14ClN3OS. The number of nitrogens with one attached hydrogen (secondary N) is 1. The number of halogens is 1. The molecule has 1 aromatic carbocycles. The van der Waals surface area contributed by atoms with Crippen LogP contribution < -0.4 is 5.32 Å². The predicted octanol–water partition coefficient (Wildman–Crippen LogP) is 3.17. The zero-order valence-corrected chi connectivity index (χ0v) is 11.7. The third-order valence-corrected chi connectivity index (χ3v) is 3.29. The molecule has 0 saturated carbocycles. The Kier molecular flexibility index (Phi) is 4.16. The van der Waals surface area contributed by atoms with Crippen molar-refractivity contribution in [3.8, 4) is 0 Å². The van der Waals surface area contributed by atoms with E-state index in [1.54, 1.807) is 6.92 Å². The van der Waals surface area contributed by atoms with Gasteiger partial charge in [0.05, 0.1) is 6.10 Å². The first-order valence-electron chi connectivity index (χ1n) is 5.58. The topological polar surface area (TPSA) is 58.0 Å². The van der Waals surface area contributed by atoms with E-state index in [9.17, 15) is 5.11 Å². The number of nitrogens with zero attached hydrogens (tertiary/aromatic N) is 2. The highest BCUT2D eigenvalue weighted by Crippen LogP contribution is 2.25. The van der Waals surface area contributed by atoms with Crippen LogP contribution in [0.25, 0.3) is 0 Å². The van der Waals surface area contributed by atoms with Crippen molar-refractivity contribution in [1.29, 1.82) is 0 Å². The Balaban J connectivity index is 2.13. The summed E-state index contributed by atoms with van der Waals surface area (Å²) in [5.41, 5.74) is 2.01. The summed E-state index contributed by atoms with van der Waals surface area (Å²) < 4.78 is 4.18. The van der Waals surface area contributed by atoms with Gasteiger partial charge in [0.25, 0.3) is 0 Å². The molecule has 0 aliphatic carbocycles. The lowest BCUT2D eigenvalue weighted by Gasteiger charge is -2.06. The van der Waals surface area contributed by atoms with Gasteiger partial charge in [-0.2, -0.15) is 4.37 Å². The average Bonchev–Trinajstić information content (AvgIpc) is 2.70. The molecule has 0 fully saturated rings. The summed E-state index contributed by atoms with van der Waals surface area (Å²) in [5, 5.41) is 13.8. The second kappa shape index (κ2) is 5.65. The number of rotatable bonds is 4. The Morgan fingerprint density at radius 1 is 1.50 bits per heavy atom. The summed E-state index contributed by atoms with van der Waals surface area (Å²) >= 11 is 7.23. The number of anilines is 2. The molecule has 6 heteroatoms. The normalized spacial score (nSPS) is 12.4. The molecule has 1 unspecified atom stereocenters. The van der Waals surface area contributed by atoms with Crippen LogP contribution in [0.2, 0.25) is 5.02 Å². The van der Waals surface area contributed by atoms with Gasteiger partial charge in [0, 0.05) is 28.7 Å². The van der Waals surface area contributed by atoms with E-state index in [4.69, 9.17) is 11.6 Å². The molecule has 0 amide bonds. The first-order chi connectivity index (χ1) is 8.54. The Labute approximate surface area is 115 Å². The molecule has 96 valence electrons. The number of hydrogen-bond donors (Lipinski definition) is 2. The van der Waals surface area contributed by atoms with Gasteiger partial charge in [-0.05, 0) is 31.5 Å². The quantitative estimate of drug-likeness (QED) is 0.905. The van der Waals surface area contributed by atoms with Gasteiger partial charge < -0.3 is 10.4 Å². The average molecular weight is 284 g/mol. The minimum absolute atomic E-state index is 0.430. The van der Waals surface area contributed by atoms with Gasteiger partial charge in [0.15, 0.2) is 0 Å². The van der Waals surface area contributed by atoms with Crippen molar-refractivity contribution in [3.05, 3.63) is 34.6 Å². The molecule has 1 heterocycles. The fourth-order valence-electron chi connectivity index (χ4n) is 1.50. The van der Waals surface area contributed by atoms with Crippen LogP contribution in [0.5, 0.6) is 0 Å². The first-order valence-corrected chi connectivity index (χ1v) is 6.73. The van der Waals surface area contributed by atoms with E-state index in [1.165, 1.54) is 11.5 Å². The molecule has 2 rings (SSSR count). The second-order valence-corrected chi connectivity index (χ2v) is 5.34. The van der Waals surface area contributed by atoms with E-state index in [0.717, 1.165) is 11.3 Å². The molecular weight excluding hydrogens is 270 g/mol. The largest absolute Gasteiger partial charge is 0.393 e. The fourth-order valence-corrected chi connectivity index (χ4v) is 2.28. The van der Waals surface area contributed by atoms with Crippen LogP contribution in [-0.4, -0.2) is 20.6 Å². The lowest BCUT2D eigenvalue weighted by molar-refractivity contribution is 0.193. The van der Waals surface area contributed by atoms with Crippen LogP contribution >= 0.6 is 23.1 Å². The van der Waals surface area contributed by atoms with Crippen LogP contribution in [0.15, 0.2) is 18.2 Å². The number of aliphatic hydroxyl groups excluding tert-OH is 1. The molecule has 0 spiro atoms. The lowest BCUT2D eigenvalue weighted by atomic mass is 10.2. The van der Waals surface area contributed by atoms with Crippen LogP contribution in [0.1, 0.15) is 18.3 Å². The SMILES string of the molecule is Cc1ccc(Cl)cc1Nc1nc(CC(C)O)ns1. The van der Waals surface area contributed by atoms with Crippen molar-refractivity contribution in [1.82, 2.24) is 9.36 Å². The predicted molar refractivity (Wildman–Crippen MR) is 74.8 cm³/mol. The maximum Gasteiger partial charge on any atom is 0.207 e. The first kappa shape index (κ1) is 13.3. The van der Waals surface area contributed by atoms with Crippen molar-refractivity contribution >= 4 is 34.0 Å². The van der Waals surface area contributed by atoms with E-state index in [-0.39, 0.29) is 0 Å². The maximum atomic E-state index is 9.27. The van der Waals surface area contributed by atoms with E-state index in [2.05, 4.69) is 14.7 Å². The Hall–Kier alpha value is -1.17. The van der Waals surface area contributed by atoms with Gasteiger partial charge in [-0.15, -0.1) is 0 Å². The summed E-state index contributed by atoms with van der Waals surface area (Å²) in [6.07, 6.45) is 0.0348. The van der Waals surface area contributed by atoms with Crippen LogP contribution in [0, 0.1) is 6.92 Å². The summed E-state index contributed by atoms with van der Waals surface area (Å²) in [4.78, 5) is 4.31. The van der Waals surface area contributed by atoms with Gasteiger partial charge in [0.2, 0.25) is 5.13 Å². The smallest absolute Gasteiger partial charge is 0.207 e. The van der Waals surface area contributed by atoms with Crippen molar-refractivity contribution < 1.29 is 5.11 Å². The van der Waals surface area contributed by atoms with Gasteiger partial charge in [0.1, 0.15) is 5.82 Å². The molecule has 2 N–H and O–H groups in total. The van der Waals surface area contributed by atoms with Gasteiger partial charge in [-0.25, -0.2) is 4.98 Å². The van der Waals surface area contributed by atoms with Crippen molar-refractivity contribution in [2.75, 3.05) is 5.32 Å². The lowest BCUT2D eigenvalue weighted by Crippen LogP contribution is -2.05. The van der Waals surface area contributed by atoms with E-state index >= 15 is 0 Å². The van der Waals surface area contributed by atoms with Crippen molar-refractivity contribution in [3.63, 3.8) is 0 Å². The molecule has 1 aromatic heterocycles. The third kappa shape index (κ3) is 3.41. The van der Waals surface area contributed by atoms with Crippen LogP contribution in [0.3, 0.4) is 0 Å². The van der Waals surface area contributed by atoms with Gasteiger partial charge in [-0.1, -0.05) is 17.7 Å². The number of aryl methyl sites for hydroxylation is 1. The number of aliphatic hydroxyl groups is 1. The summed E-state index contributed by atoms with van der Waals surface area (Å²) in [7, 11) is 0. The molecule has 1 atom stereocenters. The minimum atomic E-state index is -0.430. The Morgan fingerprint density at radius 2 is 2.28 bits per heavy atom. The van der Waals surface area contributed by atoms with Crippen LogP contribution in [0.4, 0.5) is 10.8 Å². The molecule has 0 bridgehead atoms. The van der Waals surface area contributed by atoms with Gasteiger partial charge >= 0.3 is 0 Å². The third-order valence-electron chi connectivity index (χ3n) is 2.39. The molecule has 4 nitrogen and oxygen atoms in total. The maximum absolute atomic E-state index is 9.27. The van der Waals surface area contributed by atoms with Gasteiger partial charge in [-0.3, -0.25) is 0 Å².